The highest BCUT2D eigenvalue weighted by atomic mass is 16.6. The average molecular weight is 571 g/mol. The van der Waals surface area contributed by atoms with Gasteiger partial charge in [-0.1, -0.05) is 13.3 Å². The van der Waals surface area contributed by atoms with Gasteiger partial charge in [0.1, 0.15) is 11.4 Å². The molecule has 11 heteroatoms. The van der Waals surface area contributed by atoms with Gasteiger partial charge in [0, 0.05) is 37.1 Å². The molecule has 2 aliphatic rings. The molecule has 2 N–H and O–H groups in total. The van der Waals surface area contributed by atoms with E-state index in [1.165, 1.54) is 9.80 Å². The first kappa shape index (κ1) is 30.4. The van der Waals surface area contributed by atoms with E-state index in [0.717, 1.165) is 35.8 Å². The van der Waals surface area contributed by atoms with Crippen LogP contribution in [0.4, 0.5) is 4.79 Å². The molecule has 11 nitrogen and oxygen atoms in total. The van der Waals surface area contributed by atoms with Crippen LogP contribution >= 0.6 is 0 Å². The van der Waals surface area contributed by atoms with E-state index in [4.69, 9.17) is 14.2 Å². The molecule has 2 fully saturated rings. The number of likely N-dealkylation sites (tertiary alicyclic amines) is 1. The van der Waals surface area contributed by atoms with Crippen molar-refractivity contribution in [2.24, 2.45) is 5.92 Å². The first-order valence-corrected chi connectivity index (χ1v) is 14.5. The minimum absolute atomic E-state index is 0.0112. The maximum Gasteiger partial charge on any atom is 0.413 e. The molecule has 1 saturated heterocycles. The van der Waals surface area contributed by atoms with Crippen LogP contribution in [-0.2, 0) is 14.3 Å². The van der Waals surface area contributed by atoms with Gasteiger partial charge in [-0.3, -0.25) is 14.5 Å². The predicted octanol–water partition coefficient (Wildman–Crippen LogP) is 3.82. The minimum atomic E-state index is -1.61. The Kier molecular flexibility index (Phi) is 9.57. The van der Waals surface area contributed by atoms with E-state index in [2.05, 4.69) is 10.3 Å². The topological polar surface area (TPSA) is 131 Å². The van der Waals surface area contributed by atoms with E-state index in [1.807, 2.05) is 38.1 Å². The van der Waals surface area contributed by atoms with Gasteiger partial charge >= 0.3 is 6.09 Å². The summed E-state index contributed by atoms with van der Waals surface area (Å²) in [4.78, 5) is 46.7. The summed E-state index contributed by atoms with van der Waals surface area (Å²) in [6.45, 7) is 9.95. The largest absolute Gasteiger partial charge is 0.494 e. The minimum Gasteiger partial charge on any atom is -0.494 e. The number of fused-ring (bicyclic) bond motifs is 1. The molecule has 2 aromatic rings. The van der Waals surface area contributed by atoms with Crippen molar-refractivity contribution in [2.75, 3.05) is 19.7 Å². The molecule has 2 heterocycles. The van der Waals surface area contributed by atoms with Crippen molar-refractivity contribution < 1.29 is 33.7 Å². The van der Waals surface area contributed by atoms with Gasteiger partial charge in [0.2, 0.25) is 18.0 Å². The molecule has 1 aromatic heterocycles. The Balaban J connectivity index is 1.58. The van der Waals surface area contributed by atoms with Crippen LogP contribution in [0.3, 0.4) is 0 Å². The monoisotopic (exact) mass is 570 g/mol. The lowest BCUT2D eigenvalue weighted by Gasteiger charge is -2.29. The highest BCUT2D eigenvalue weighted by Gasteiger charge is 2.45. The molecule has 0 radical (unpaired) electrons. The van der Waals surface area contributed by atoms with Crippen LogP contribution in [0.2, 0.25) is 0 Å². The molecular weight excluding hydrogens is 528 g/mol. The zero-order valence-corrected chi connectivity index (χ0v) is 24.6. The number of ether oxygens (including phenoxy) is 3. The van der Waals surface area contributed by atoms with E-state index in [9.17, 15) is 19.5 Å². The third kappa shape index (κ3) is 7.78. The number of rotatable bonds is 11. The number of aliphatic hydroxyl groups excluding tert-OH is 1. The summed E-state index contributed by atoms with van der Waals surface area (Å²) in [5.74, 6) is -0.686. The summed E-state index contributed by atoms with van der Waals surface area (Å²) in [6.07, 6.45) is 1.80. The molecule has 0 unspecified atom stereocenters. The molecule has 224 valence electrons. The third-order valence-electron chi connectivity index (χ3n) is 6.98. The zero-order valence-electron chi connectivity index (χ0n) is 24.6. The lowest BCUT2D eigenvalue weighted by atomic mass is 10.1. The van der Waals surface area contributed by atoms with E-state index in [0.29, 0.717) is 18.9 Å². The summed E-state index contributed by atoms with van der Waals surface area (Å²) >= 11 is 0. The zero-order chi connectivity index (χ0) is 29.7. The molecule has 0 bridgehead atoms. The maximum absolute atomic E-state index is 13.8. The summed E-state index contributed by atoms with van der Waals surface area (Å²) in [5, 5.41) is 15.2. The maximum atomic E-state index is 13.8. The van der Waals surface area contributed by atoms with Crippen molar-refractivity contribution in [2.45, 2.75) is 90.8 Å². The first-order valence-electron chi connectivity index (χ1n) is 14.5. The highest BCUT2D eigenvalue weighted by molar-refractivity contribution is 5.89. The molecule has 41 heavy (non-hydrogen) atoms. The van der Waals surface area contributed by atoms with Gasteiger partial charge < -0.3 is 29.5 Å². The van der Waals surface area contributed by atoms with Gasteiger partial charge in [-0.2, -0.15) is 0 Å². The van der Waals surface area contributed by atoms with Crippen LogP contribution in [0.1, 0.15) is 66.7 Å². The van der Waals surface area contributed by atoms with Crippen molar-refractivity contribution in [3.8, 4) is 11.6 Å². The standard InChI is InChI=1S/C30H42N4O7/c1-6-8-15-33(28(37)25(35)32-21-9-10-21)27(36)20-17-24(34(18-20)29(38)41-30(3,4)5)40-26-23-12-11-22(39-7-2)16-19(23)13-14-31-26/h11-14,16,20-21,24,28,37H,6-10,15,17-18H2,1-5H3,(H,32,35)/t20-,24+,28+/m1/s1. The number of aliphatic hydroxyl groups is 1. The number of pyridine rings is 1. The Morgan fingerprint density at radius 3 is 2.61 bits per heavy atom. The van der Waals surface area contributed by atoms with Crippen LogP contribution in [0.5, 0.6) is 11.6 Å². The van der Waals surface area contributed by atoms with Gasteiger partial charge in [-0.05, 0) is 76.6 Å². The summed E-state index contributed by atoms with van der Waals surface area (Å²) in [5.41, 5.74) is -0.763. The highest BCUT2D eigenvalue weighted by Crippen LogP contribution is 2.33. The Morgan fingerprint density at radius 1 is 1.20 bits per heavy atom. The number of hydrogen-bond donors (Lipinski definition) is 2. The second-order valence-corrected chi connectivity index (χ2v) is 11.6. The molecule has 4 rings (SSSR count). The first-order chi connectivity index (χ1) is 19.5. The average Bonchev–Trinajstić information content (AvgIpc) is 3.63. The second kappa shape index (κ2) is 12.9. The summed E-state index contributed by atoms with van der Waals surface area (Å²) < 4.78 is 17.6. The van der Waals surface area contributed by atoms with Crippen LogP contribution in [-0.4, -0.2) is 81.6 Å². The number of amides is 3. The van der Waals surface area contributed by atoms with Crippen molar-refractivity contribution in [1.82, 2.24) is 20.1 Å². The van der Waals surface area contributed by atoms with Crippen molar-refractivity contribution in [3.05, 3.63) is 30.5 Å². The number of hydrogen-bond acceptors (Lipinski definition) is 8. The molecule has 1 saturated carbocycles. The van der Waals surface area contributed by atoms with E-state index < -0.39 is 41.9 Å². The lowest BCUT2D eigenvalue weighted by Crippen LogP contribution is -2.52. The molecular formula is C30H42N4O7. The molecule has 3 amide bonds. The fraction of sp³-hybridized carbons (Fsp3) is 0.600. The van der Waals surface area contributed by atoms with Crippen molar-refractivity contribution in [1.29, 1.82) is 0 Å². The van der Waals surface area contributed by atoms with Gasteiger partial charge in [-0.15, -0.1) is 0 Å². The van der Waals surface area contributed by atoms with Gasteiger partial charge in [0.15, 0.2) is 6.23 Å². The SMILES string of the molecule is CCCCN(C(=O)[C@@H]1C[C@H](Oc2nccc3cc(OCC)ccc23)N(C(=O)OC(C)(C)C)C1)[C@@H](O)C(=O)NC1CC1. The fourth-order valence-electron chi connectivity index (χ4n) is 4.77. The van der Waals surface area contributed by atoms with Crippen LogP contribution < -0.4 is 14.8 Å². The Morgan fingerprint density at radius 2 is 1.95 bits per heavy atom. The predicted molar refractivity (Wildman–Crippen MR) is 152 cm³/mol. The number of carbonyl (C=O) groups is 3. The van der Waals surface area contributed by atoms with Crippen LogP contribution in [0, 0.1) is 5.92 Å². The van der Waals surface area contributed by atoms with E-state index >= 15 is 0 Å². The molecule has 1 aliphatic heterocycles. The van der Waals surface area contributed by atoms with Gasteiger partial charge in [0.05, 0.1) is 12.5 Å². The number of carbonyl (C=O) groups excluding carboxylic acids is 3. The summed E-state index contributed by atoms with van der Waals surface area (Å²) in [7, 11) is 0. The fourth-order valence-corrected chi connectivity index (χ4v) is 4.77. The van der Waals surface area contributed by atoms with Crippen molar-refractivity contribution in [3.63, 3.8) is 0 Å². The summed E-state index contributed by atoms with van der Waals surface area (Å²) in [6, 6.07) is 7.45. The van der Waals surface area contributed by atoms with Crippen LogP contribution in [0.25, 0.3) is 10.8 Å². The van der Waals surface area contributed by atoms with E-state index in [-0.39, 0.29) is 25.6 Å². The molecule has 0 spiro atoms. The number of benzene rings is 1. The number of unbranched alkanes of at least 4 members (excludes halogenated alkanes) is 1. The third-order valence-corrected chi connectivity index (χ3v) is 6.98. The Bertz CT molecular complexity index is 1240. The molecule has 1 aromatic carbocycles. The quantitative estimate of drug-likeness (QED) is 0.390. The number of nitrogens with one attached hydrogen (secondary N) is 1. The van der Waals surface area contributed by atoms with E-state index in [1.54, 1.807) is 27.0 Å². The normalized spacial score (nSPS) is 19.5. The molecule has 1 aliphatic carbocycles. The van der Waals surface area contributed by atoms with Gasteiger partial charge in [0.25, 0.3) is 5.91 Å². The number of aromatic nitrogens is 1. The second-order valence-electron chi connectivity index (χ2n) is 11.6. The smallest absolute Gasteiger partial charge is 0.413 e. The Labute approximate surface area is 241 Å². The lowest BCUT2D eigenvalue weighted by molar-refractivity contribution is -0.156. The number of nitrogens with zero attached hydrogens (tertiary/aromatic N) is 3. The van der Waals surface area contributed by atoms with Gasteiger partial charge in [-0.25, -0.2) is 9.78 Å². The van der Waals surface area contributed by atoms with Crippen molar-refractivity contribution >= 4 is 28.7 Å². The Hall–Kier alpha value is -3.60. The van der Waals surface area contributed by atoms with Crippen LogP contribution in [0.15, 0.2) is 30.5 Å². The molecule has 3 atom stereocenters.